The molecule has 1 rings (SSSR count). The minimum absolute atomic E-state index is 0.261. The van der Waals surface area contributed by atoms with Crippen molar-refractivity contribution in [2.45, 2.75) is 25.7 Å². The molecule has 0 radical (unpaired) electrons. The number of ether oxygens (including phenoxy) is 6. The summed E-state index contributed by atoms with van der Waals surface area (Å²) in [5.41, 5.74) is 0. The molecule has 0 unspecified atom stereocenters. The second-order valence-corrected chi connectivity index (χ2v) is 10.7. The van der Waals surface area contributed by atoms with Crippen LogP contribution in [-0.4, -0.2) is 104 Å². The van der Waals surface area contributed by atoms with Gasteiger partial charge in [0.15, 0.2) is 11.5 Å². The van der Waals surface area contributed by atoms with Crippen LogP contribution < -0.4 is 9.47 Å². The highest BCUT2D eigenvalue weighted by atomic mass is 32.2. The van der Waals surface area contributed by atoms with Gasteiger partial charge < -0.3 is 28.4 Å². The van der Waals surface area contributed by atoms with Crippen molar-refractivity contribution in [3.63, 3.8) is 0 Å². The van der Waals surface area contributed by atoms with Crippen LogP contribution in [0.2, 0.25) is 0 Å². The number of hydrogen-bond acceptors (Lipinski definition) is 10. The first-order chi connectivity index (χ1) is 17.2. The maximum atomic E-state index is 10.6. The summed E-state index contributed by atoms with van der Waals surface area (Å²) in [5.74, 6) is 0.653. The molecule has 0 heterocycles. The van der Waals surface area contributed by atoms with E-state index in [0.717, 1.165) is 0 Å². The van der Waals surface area contributed by atoms with E-state index in [4.69, 9.17) is 37.5 Å². The molecular weight excluding hydrogens is 520 g/mol. The third-order valence-electron chi connectivity index (χ3n) is 4.45. The fourth-order valence-corrected chi connectivity index (χ4v) is 3.87. The fraction of sp³-hybridized carbons (Fsp3) is 0.727. The Bertz CT molecular complexity index is 817. The Hall–Kier alpha value is -1.52. The number of para-hydroxylation sites is 2. The lowest BCUT2D eigenvalue weighted by atomic mass is 10.3. The van der Waals surface area contributed by atoms with Gasteiger partial charge in [-0.3, -0.25) is 9.11 Å². The van der Waals surface area contributed by atoms with Crippen molar-refractivity contribution >= 4 is 20.2 Å². The molecule has 0 aliphatic rings. The molecule has 210 valence electrons. The van der Waals surface area contributed by atoms with Crippen LogP contribution in [0.25, 0.3) is 0 Å². The summed E-state index contributed by atoms with van der Waals surface area (Å²) in [7, 11) is -7.82. The Balaban J connectivity index is 2.01. The summed E-state index contributed by atoms with van der Waals surface area (Å²) >= 11 is 0. The molecule has 0 aliphatic heterocycles. The average Bonchev–Trinajstić information content (AvgIpc) is 2.80. The van der Waals surface area contributed by atoms with Crippen LogP contribution in [0.4, 0.5) is 0 Å². The SMILES string of the molecule is O=S(=O)(O)CCCCOCCOCCOc1ccccc1OCCOCCOCCCCS(=O)(=O)O. The van der Waals surface area contributed by atoms with Crippen LogP contribution in [0, 0.1) is 0 Å². The van der Waals surface area contributed by atoms with Gasteiger partial charge in [-0.05, 0) is 37.8 Å². The van der Waals surface area contributed by atoms with Crippen LogP contribution in [0.5, 0.6) is 11.5 Å². The van der Waals surface area contributed by atoms with Crippen molar-refractivity contribution < 1.29 is 54.4 Å². The molecular formula is C22H38O12S2. The molecule has 12 nitrogen and oxygen atoms in total. The molecule has 14 heteroatoms. The van der Waals surface area contributed by atoms with Gasteiger partial charge in [0.2, 0.25) is 0 Å². The van der Waals surface area contributed by atoms with Crippen molar-refractivity contribution in [1.29, 1.82) is 0 Å². The zero-order valence-corrected chi connectivity index (χ0v) is 22.0. The molecule has 0 saturated heterocycles. The number of rotatable bonds is 24. The highest BCUT2D eigenvalue weighted by Gasteiger charge is 2.06. The van der Waals surface area contributed by atoms with Gasteiger partial charge in [0.25, 0.3) is 20.2 Å². The average molecular weight is 559 g/mol. The minimum Gasteiger partial charge on any atom is -0.487 e. The third-order valence-corrected chi connectivity index (χ3v) is 6.05. The van der Waals surface area contributed by atoms with Crippen molar-refractivity contribution in [2.24, 2.45) is 0 Å². The van der Waals surface area contributed by atoms with E-state index in [9.17, 15) is 16.8 Å². The van der Waals surface area contributed by atoms with Crippen molar-refractivity contribution in [3.8, 4) is 11.5 Å². The maximum absolute atomic E-state index is 10.6. The Morgan fingerprint density at radius 2 is 0.833 bits per heavy atom. The molecule has 36 heavy (non-hydrogen) atoms. The van der Waals surface area contributed by atoms with Crippen LogP contribution >= 0.6 is 0 Å². The fourth-order valence-electron chi connectivity index (χ4n) is 2.73. The maximum Gasteiger partial charge on any atom is 0.264 e. The molecule has 0 amide bonds. The lowest BCUT2D eigenvalue weighted by Crippen LogP contribution is -2.13. The predicted molar refractivity (Wildman–Crippen MR) is 132 cm³/mol. The Morgan fingerprint density at radius 3 is 1.19 bits per heavy atom. The highest BCUT2D eigenvalue weighted by molar-refractivity contribution is 7.86. The lowest BCUT2D eigenvalue weighted by molar-refractivity contribution is 0.0324. The van der Waals surface area contributed by atoms with E-state index in [-0.39, 0.29) is 11.5 Å². The summed E-state index contributed by atoms with van der Waals surface area (Å²) in [6.07, 6.45) is 1.78. The molecule has 0 spiro atoms. The summed E-state index contributed by atoms with van der Waals surface area (Å²) < 4.78 is 92.6. The quantitative estimate of drug-likeness (QED) is 0.140. The number of hydrogen-bond donors (Lipinski definition) is 2. The second-order valence-electron chi connectivity index (χ2n) is 7.58. The molecule has 0 aliphatic carbocycles. The van der Waals surface area contributed by atoms with E-state index < -0.39 is 20.2 Å². The van der Waals surface area contributed by atoms with E-state index in [2.05, 4.69) is 0 Å². The lowest BCUT2D eigenvalue weighted by Gasteiger charge is -2.13. The third kappa shape index (κ3) is 20.7. The van der Waals surface area contributed by atoms with E-state index >= 15 is 0 Å². The van der Waals surface area contributed by atoms with E-state index in [0.29, 0.717) is 103 Å². The van der Waals surface area contributed by atoms with Crippen LogP contribution in [0.3, 0.4) is 0 Å². The Kier molecular flexibility index (Phi) is 17.7. The standard InChI is InChI=1S/C22H38O12S2/c23-35(24,25)19-5-3-9-29-11-13-31-15-17-33-21-7-1-2-8-22(21)34-18-16-32-14-12-30-10-4-6-20-36(26,27)28/h1-2,7-8H,3-6,9-20H2,(H,23,24,25)(H,26,27,28). The summed E-state index contributed by atoms with van der Waals surface area (Å²) in [6.45, 7) is 3.69. The smallest absolute Gasteiger partial charge is 0.264 e. The molecule has 1 aromatic rings. The molecule has 0 fully saturated rings. The van der Waals surface area contributed by atoms with E-state index in [1.54, 1.807) is 12.1 Å². The summed E-state index contributed by atoms with van der Waals surface area (Å²) in [6, 6.07) is 7.26. The van der Waals surface area contributed by atoms with Crippen molar-refractivity contribution in [2.75, 3.05) is 77.6 Å². The minimum atomic E-state index is -3.91. The topological polar surface area (TPSA) is 164 Å². The molecule has 0 bridgehead atoms. The molecule has 2 N–H and O–H groups in total. The van der Waals surface area contributed by atoms with E-state index in [1.165, 1.54) is 0 Å². The van der Waals surface area contributed by atoms with E-state index in [1.807, 2.05) is 12.1 Å². The first-order valence-corrected chi connectivity index (χ1v) is 14.9. The van der Waals surface area contributed by atoms with Gasteiger partial charge >= 0.3 is 0 Å². The first kappa shape index (κ1) is 32.5. The van der Waals surface area contributed by atoms with Gasteiger partial charge in [0, 0.05) is 13.2 Å². The summed E-state index contributed by atoms with van der Waals surface area (Å²) in [4.78, 5) is 0. The molecule has 0 saturated carbocycles. The zero-order chi connectivity index (χ0) is 26.5. The molecule has 0 aromatic heterocycles. The second kappa shape index (κ2) is 19.6. The normalized spacial score (nSPS) is 12.1. The molecule has 1 aromatic carbocycles. The first-order valence-electron chi connectivity index (χ1n) is 11.7. The van der Waals surface area contributed by atoms with Crippen LogP contribution in [-0.2, 0) is 39.2 Å². The monoisotopic (exact) mass is 558 g/mol. The highest BCUT2D eigenvalue weighted by Crippen LogP contribution is 2.26. The van der Waals surface area contributed by atoms with Crippen molar-refractivity contribution in [3.05, 3.63) is 24.3 Å². The number of unbranched alkanes of at least 4 members (excludes halogenated alkanes) is 2. The predicted octanol–water partition coefficient (Wildman–Crippen LogP) is 1.85. The molecule has 0 atom stereocenters. The number of benzene rings is 1. The van der Waals surface area contributed by atoms with Gasteiger partial charge in [-0.25, -0.2) is 0 Å². The van der Waals surface area contributed by atoms with Crippen LogP contribution in [0.1, 0.15) is 25.7 Å². The van der Waals surface area contributed by atoms with Gasteiger partial charge in [-0.1, -0.05) is 12.1 Å². The Labute approximate surface area is 213 Å². The van der Waals surface area contributed by atoms with Gasteiger partial charge in [0.1, 0.15) is 13.2 Å². The van der Waals surface area contributed by atoms with Crippen molar-refractivity contribution in [1.82, 2.24) is 0 Å². The summed E-state index contributed by atoms with van der Waals surface area (Å²) in [5, 5.41) is 0. The largest absolute Gasteiger partial charge is 0.487 e. The Morgan fingerprint density at radius 1 is 0.500 bits per heavy atom. The van der Waals surface area contributed by atoms with Crippen LogP contribution in [0.15, 0.2) is 24.3 Å². The van der Waals surface area contributed by atoms with Gasteiger partial charge in [0.05, 0.1) is 51.1 Å². The van der Waals surface area contributed by atoms with Gasteiger partial charge in [-0.2, -0.15) is 16.8 Å². The van der Waals surface area contributed by atoms with Gasteiger partial charge in [-0.15, -0.1) is 0 Å². The zero-order valence-electron chi connectivity index (χ0n) is 20.4.